The largest absolute Gasteiger partial charge is 0.487 e. The lowest BCUT2D eigenvalue weighted by atomic mass is 9.95. The lowest BCUT2D eigenvalue weighted by molar-refractivity contribution is -0.139. The van der Waals surface area contributed by atoms with Crippen molar-refractivity contribution in [3.63, 3.8) is 0 Å². The van der Waals surface area contributed by atoms with E-state index in [1.165, 1.54) is 11.3 Å². The SMILES string of the molecule is CCOC(=O)C1=C(C)N=c2s/c(=C\c3cc(Br)cc(I)c3OCc3cccc4ccccc34)c(=O)n2[C@H]1c1ccc(C)cc1. The number of esters is 1. The van der Waals surface area contributed by atoms with Gasteiger partial charge in [-0.1, -0.05) is 99.6 Å². The van der Waals surface area contributed by atoms with Gasteiger partial charge in [-0.3, -0.25) is 9.36 Å². The Balaban J connectivity index is 1.46. The zero-order valence-electron chi connectivity index (χ0n) is 24.3. The first-order valence-electron chi connectivity index (χ1n) is 14.1. The Morgan fingerprint density at radius 2 is 1.82 bits per heavy atom. The third-order valence-corrected chi connectivity index (χ3v) is 9.73. The number of ether oxygens (including phenoxy) is 2. The number of carbonyl (C=O) groups is 1. The van der Waals surface area contributed by atoms with Crippen molar-refractivity contribution >= 4 is 72.7 Å². The van der Waals surface area contributed by atoms with Gasteiger partial charge < -0.3 is 9.47 Å². The zero-order chi connectivity index (χ0) is 31.0. The molecular weight excluding hydrogens is 751 g/mol. The third kappa shape index (κ3) is 5.92. The molecule has 1 aromatic heterocycles. The molecule has 0 amide bonds. The van der Waals surface area contributed by atoms with Gasteiger partial charge in [-0.15, -0.1) is 0 Å². The summed E-state index contributed by atoms with van der Waals surface area (Å²) in [6.07, 6.45) is 1.85. The molecule has 0 fully saturated rings. The van der Waals surface area contributed by atoms with E-state index < -0.39 is 12.0 Å². The summed E-state index contributed by atoms with van der Waals surface area (Å²) in [4.78, 5) is 32.6. The predicted octanol–water partition coefficient (Wildman–Crippen LogP) is 7.21. The van der Waals surface area contributed by atoms with Gasteiger partial charge in [-0.25, -0.2) is 9.79 Å². The van der Waals surface area contributed by atoms with Gasteiger partial charge >= 0.3 is 5.97 Å². The predicted molar refractivity (Wildman–Crippen MR) is 187 cm³/mol. The second-order valence-electron chi connectivity index (χ2n) is 10.4. The van der Waals surface area contributed by atoms with Crippen molar-refractivity contribution in [3.05, 3.63) is 140 Å². The molecule has 2 heterocycles. The molecular formula is C35H28BrIN2O4S. The third-order valence-electron chi connectivity index (χ3n) is 7.49. The van der Waals surface area contributed by atoms with E-state index in [4.69, 9.17) is 14.5 Å². The summed E-state index contributed by atoms with van der Waals surface area (Å²) in [6, 6.07) is 25.6. The highest BCUT2D eigenvalue weighted by atomic mass is 127. The van der Waals surface area contributed by atoms with E-state index in [1.54, 1.807) is 18.4 Å². The maximum atomic E-state index is 14.2. The number of aryl methyl sites for hydroxylation is 1. The highest BCUT2D eigenvalue weighted by molar-refractivity contribution is 14.1. The highest BCUT2D eigenvalue weighted by Gasteiger charge is 2.33. The number of carbonyl (C=O) groups excluding carboxylic acids is 1. The topological polar surface area (TPSA) is 69.9 Å². The monoisotopic (exact) mass is 778 g/mol. The van der Waals surface area contributed by atoms with E-state index in [0.29, 0.717) is 33.0 Å². The molecule has 44 heavy (non-hydrogen) atoms. The molecule has 0 unspecified atom stereocenters. The quantitative estimate of drug-likeness (QED) is 0.130. The summed E-state index contributed by atoms with van der Waals surface area (Å²) in [5.41, 5.74) is 4.42. The number of allylic oxidation sites excluding steroid dienone is 1. The standard InChI is InChI=1S/C35H28BrIN2O4S/c1-4-42-34(41)30-21(3)38-35-39(31(30)23-14-12-20(2)13-15-23)33(40)29(44-35)17-25-16-26(36)18-28(37)32(25)43-19-24-10-7-9-22-8-5-6-11-27(22)24/h5-18,31H,4,19H2,1-3H3/b29-17-/t31-/m0/s1. The number of halogens is 2. The maximum Gasteiger partial charge on any atom is 0.338 e. The molecule has 1 aliphatic rings. The van der Waals surface area contributed by atoms with Gasteiger partial charge in [0.15, 0.2) is 4.80 Å². The molecule has 9 heteroatoms. The molecule has 0 saturated heterocycles. The highest BCUT2D eigenvalue weighted by Crippen LogP contribution is 2.33. The van der Waals surface area contributed by atoms with Crippen LogP contribution in [0.25, 0.3) is 16.8 Å². The molecule has 6 rings (SSSR count). The van der Waals surface area contributed by atoms with Gasteiger partial charge in [-0.2, -0.15) is 0 Å². The minimum absolute atomic E-state index is 0.226. The minimum atomic E-state index is -0.655. The van der Waals surface area contributed by atoms with Crippen LogP contribution >= 0.6 is 49.9 Å². The van der Waals surface area contributed by atoms with Crippen molar-refractivity contribution in [2.24, 2.45) is 4.99 Å². The summed E-state index contributed by atoms with van der Waals surface area (Å²) >= 11 is 7.18. The number of aromatic nitrogens is 1. The molecule has 0 radical (unpaired) electrons. The van der Waals surface area contributed by atoms with Crippen LogP contribution in [0.2, 0.25) is 0 Å². The van der Waals surface area contributed by atoms with E-state index in [2.05, 4.69) is 62.8 Å². The second kappa shape index (κ2) is 12.8. The summed E-state index contributed by atoms with van der Waals surface area (Å²) in [5.74, 6) is 0.213. The normalized spacial score (nSPS) is 14.8. The molecule has 0 N–H and O–H groups in total. The van der Waals surface area contributed by atoms with E-state index in [9.17, 15) is 9.59 Å². The number of nitrogens with zero attached hydrogens (tertiary/aromatic N) is 2. The van der Waals surface area contributed by atoms with Crippen LogP contribution in [-0.4, -0.2) is 17.1 Å². The van der Waals surface area contributed by atoms with E-state index in [0.717, 1.165) is 41.1 Å². The van der Waals surface area contributed by atoms with Gasteiger partial charge in [0.2, 0.25) is 0 Å². The van der Waals surface area contributed by atoms with Crippen LogP contribution in [0.3, 0.4) is 0 Å². The van der Waals surface area contributed by atoms with Crippen LogP contribution in [-0.2, 0) is 16.1 Å². The fourth-order valence-corrected chi connectivity index (χ4v) is 8.15. The average Bonchev–Trinajstić information content (AvgIpc) is 3.30. The molecule has 0 saturated carbocycles. The van der Waals surface area contributed by atoms with Gasteiger partial charge in [0.25, 0.3) is 5.56 Å². The van der Waals surface area contributed by atoms with Crippen molar-refractivity contribution in [1.82, 2.24) is 4.57 Å². The van der Waals surface area contributed by atoms with Gasteiger partial charge in [-0.05, 0) is 83.5 Å². The van der Waals surface area contributed by atoms with Crippen LogP contribution in [0.4, 0.5) is 0 Å². The van der Waals surface area contributed by atoms with Crippen molar-refractivity contribution in [1.29, 1.82) is 0 Å². The Morgan fingerprint density at radius 3 is 2.59 bits per heavy atom. The fraction of sp³-hybridized carbons (Fsp3) is 0.171. The van der Waals surface area contributed by atoms with Crippen LogP contribution in [0.5, 0.6) is 5.75 Å². The van der Waals surface area contributed by atoms with Crippen molar-refractivity contribution in [2.45, 2.75) is 33.4 Å². The fourth-order valence-electron chi connectivity index (χ4n) is 5.40. The molecule has 222 valence electrons. The first kappa shape index (κ1) is 30.5. The number of hydrogen-bond acceptors (Lipinski definition) is 6. The van der Waals surface area contributed by atoms with E-state index in [1.807, 2.05) is 67.6 Å². The number of rotatable bonds is 7. The molecule has 0 bridgehead atoms. The molecule has 0 aliphatic carbocycles. The van der Waals surface area contributed by atoms with Crippen LogP contribution < -0.4 is 19.6 Å². The first-order chi connectivity index (χ1) is 21.2. The first-order valence-corrected chi connectivity index (χ1v) is 16.8. The minimum Gasteiger partial charge on any atom is -0.487 e. The second-order valence-corrected chi connectivity index (χ2v) is 13.5. The maximum absolute atomic E-state index is 14.2. The van der Waals surface area contributed by atoms with Crippen LogP contribution in [0.15, 0.2) is 104 Å². The van der Waals surface area contributed by atoms with Crippen LogP contribution in [0, 0.1) is 10.5 Å². The average molecular weight is 779 g/mol. The number of hydrogen-bond donors (Lipinski definition) is 0. The zero-order valence-corrected chi connectivity index (χ0v) is 28.8. The van der Waals surface area contributed by atoms with Crippen molar-refractivity contribution in [2.75, 3.05) is 6.61 Å². The summed E-state index contributed by atoms with van der Waals surface area (Å²) in [7, 11) is 0. The summed E-state index contributed by atoms with van der Waals surface area (Å²) < 4.78 is 15.8. The lowest BCUT2D eigenvalue weighted by Gasteiger charge is -2.24. The summed E-state index contributed by atoms with van der Waals surface area (Å²) in [6.45, 7) is 6.16. The van der Waals surface area contributed by atoms with Gasteiger partial charge in [0.1, 0.15) is 12.4 Å². The van der Waals surface area contributed by atoms with E-state index in [-0.39, 0.29) is 12.2 Å². The molecule has 0 spiro atoms. The Hall–Kier alpha value is -3.54. The Bertz CT molecular complexity index is 2130. The Labute approximate surface area is 280 Å². The smallest absolute Gasteiger partial charge is 0.338 e. The van der Waals surface area contributed by atoms with Crippen molar-refractivity contribution < 1.29 is 14.3 Å². The lowest BCUT2D eigenvalue weighted by Crippen LogP contribution is -2.39. The number of thiazole rings is 1. The van der Waals surface area contributed by atoms with Crippen LogP contribution in [0.1, 0.15) is 42.1 Å². The number of fused-ring (bicyclic) bond motifs is 2. The Kier molecular flexibility index (Phi) is 8.89. The van der Waals surface area contributed by atoms with Gasteiger partial charge in [0, 0.05) is 10.0 Å². The molecule has 6 nitrogen and oxygen atoms in total. The summed E-state index contributed by atoms with van der Waals surface area (Å²) in [5, 5.41) is 2.29. The molecule has 4 aromatic carbocycles. The number of benzene rings is 4. The van der Waals surface area contributed by atoms with Gasteiger partial charge in [0.05, 0.1) is 32.0 Å². The van der Waals surface area contributed by atoms with E-state index >= 15 is 0 Å². The molecule has 5 aromatic rings. The molecule has 1 aliphatic heterocycles. The van der Waals surface area contributed by atoms with Crippen molar-refractivity contribution in [3.8, 4) is 5.75 Å². The molecule has 1 atom stereocenters. The Morgan fingerprint density at radius 1 is 1.07 bits per heavy atom.